The molecule has 2 N–H and O–H groups in total. The zero-order valence-electron chi connectivity index (χ0n) is 9.20. The van der Waals surface area contributed by atoms with Crippen LogP contribution in [-0.2, 0) is 5.41 Å². The van der Waals surface area contributed by atoms with E-state index in [0.29, 0.717) is 6.54 Å². The van der Waals surface area contributed by atoms with Crippen LogP contribution in [0.4, 0.5) is 0 Å². The molecule has 1 rings (SSSR count). The maximum atomic E-state index is 5.54. The molecule has 0 amide bonds. The molecule has 1 aromatic rings. The van der Waals surface area contributed by atoms with Gasteiger partial charge in [0.05, 0.1) is 5.69 Å². The van der Waals surface area contributed by atoms with E-state index in [2.05, 4.69) is 25.9 Å². The average molecular weight is 219 g/mol. The molecule has 0 aliphatic carbocycles. The van der Waals surface area contributed by atoms with E-state index in [4.69, 9.17) is 10.3 Å². The van der Waals surface area contributed by atoms with Crippen LogP contribution in [0, 0.1) is 0 Å². The van der Waals surface area contributed by atoms with Gasteiger partial charge < -0.3 is 10.3 Å². The summed E-state index contributed by atoms with van der Waals surface area (Å²) in [7, 11) is 0. The lowest BCUT2D eigenvalue weighted by Gasteiger charge is -2.12. The van der Waals surface area contributed by atoms with Crippen molar-refractivity contribution >= 4 is 12.4 Å². The summed E-state index contributed by atoms with van der Waals surface area (Å²) in [5.74, 6) is 1.20. The Kier molecular flexibility index (Phi) is 4.62. The van der Waals surface area contributed by atoms with E-state index in [1.54, 1.807) is 0 Å². The molecule has 14 heavy (non-hydrogen) atoms. The van der Waals surface area contributed by atoms with Crippen molar-refractivity contribution in [2.24, 2.45) is 5.73 Å². The topological polar surface area (TPSA) is 52.0 Å². The van der Waals surface area contributed by atoms with Crippen LogP contribution in [0.3, 0.4) is 0 Å². The van der Waals surface area contributed by atoms with Crippen molar-refractivity contribution in [3.05, 3.63) is 17.5 Å². The number of nitrogens with two attached hydrogens (primary N) is 1. The maximum absolute atomic E-state index is 5.54. The molecule has 0 saturated carbocycles. The van der Waals surface area contributed by atoms with Gasteiger partial charge in [-0.05, 0) is 0 Å². The lowest BCUT2D eigenvalue weighted by Crippen LogP contribution is -2.10. The minimum atomic E-state index is 0. The molecule has 0 radical (unpaired) electrons. The summed E-state index contributed by atoms with van der Waals surface area (Å²) in [4.78, 5) is 0. The van der Waals surface area contributed by atoms with Gasteiger partial charge in [0.1, 0.15) is 5.76 Å². The van der Waals surface area contributed by atoms with Gasteiger partial charge in [-0.2, -0.15) is 0 Å². The van der Waals surface area contributed by atoms with E-state index in [1.165, 1.54) is 0 Å². The Labute approximate surface area is 91.4 Å². The van der Waals surface area contributed by atoms with Crippen LogP contribution in [0.25, 0.3) is 0 Å². The number of rotatable bonds is 2. The number of nitrogens with zero attached hydrogens (tertiary/aromatic N) is 1. The first-order chi connectivity index (χ1) is 5.95. The Morgan fingerprint density at radius 3 is 2.43 bits per heavy atom. The highest BCUT2D eigenvalue weighted by molar-refractivity contribution is 5.85. The van der Waals surface area contributed by atoms with Crippen molar-refractivity contribution in [3.63, 3.8) is 0 Å². The number of hydrogen-bond donors (Lipinski definition) is 1. The number of aromatic nitrogens is 1. The highest BCUT2D eigenvalue weighted by Gasteiger charge is 2.20. The molecule has 0 fully saturated rings. The van der Waals surface area contributed by atoms with Gasteiger partial charge in [0.2, 0.25) is 0 Å². The van der Waals surface area contributed by atoms with Gasteiger partial charge in [-0.3, -0.25) is 0 Å². The van der Waals surface area contributed by atoms with Gasteiger partial charge in [-0.1, -0.05) is 32.9 Å². The molecule has 0 aliphatic rings. The van der Waals surface area contributed by atoms with Crippen molar-refractivity contribution in [2.45, 2.75) is 39.0 Å². The zero-order chi connectivity index (χ0) is 10.1. The maximum Gasteiger partial charge on any atom is 0.142 e. The van der Waals surface area contributed by atoms with Crippen LogP contribution in [0.5, 0.6) is 0 Å². The normalized spacial score (nSPS) is 13.5. The summed E-state index contributed by atoms with van der Waals surface area (Å²) >= 11 is 0. The zero-order valence-corrected chi connectivity index (χ0v) is 10.0. The predicted molar refractivity (Wildman–Crippen MR) is 59.9 cm³/mol. The van der Waals surface area contributed by atoms with Crippen LogP contribution < -0.4 is 5.73 Å². The van der Waals surface area contributed by atoms with Gasteiger partial charge in [0.15, 0.2) is 0 Å². The number of hydrogen-bond acceptors (Lipinski definition) is 3. The molecular formula is C10H19ClN2O. The van der Waals surface area contributed by atoms with Crippen molar-refractivity contribution < 1.29 is 4.52 Å². The molecule has 1 aromatic heterocycles. The first kappa shape index (κ1) is 13.5. The third-order valence-electron chi connectivity index (χ3n) is 2.13. The Morgan fingerprint density at radius 2 is 2.07 bits per heavy atom. The predicted octanol–water partition coefficient (Wildman–Crippen LogP) is 2.46. The van der Waals surface area contributed by atoms with Crippen molar-refractivity contribution in [1.29, 1.82) is 0 Å². The van der Waals surface area contributed by atoms with Crippen molar-refractivity contribution in [3.8, 4) is 0 Å². The summed E-state index contributed by atoms with van der Waals surface area (Å²) < 4.78 is 5.25. The smallest absolute Gasteiger partial charge is 0.142 e. The van der Waals surface area contributed by atoms with Crippen LogP contribution >= 0.6 is 12.4 Å². The fourth-order valence-corrected chi connectivity index (χ4v) is 0.995. The molecule has 3 nitrogen and oxygen atoms in total. The summed E-state index contributed by atoms with van der Waals surface area (Å²) in [5, 5.41) is 4.00. The Bertz CT molecular complexity index is 278. The summed E-state index contributed by atoms with van der Waals surface area (Å²) in [5.41, 5.74) is 6.52. The van der Waals surface area contributed by atoms with Gasteiger partial charge in [-0.15, -0.1) is 12.4 Å². The molecule has 1 unspecified atom stereocenters. The summed E-state index contributed by atoms with van der Waals surface area (Å²) in [6.07, 6.45) is 0. The lowest BCUT2D eigenvalue weighted by molar-refractivity contribution is 0.324. The largest absolute Gasteiger partial charge is 0.361 e. The lowest BCUT2D eigenvalue weighted by atomic mass is 9.92. The second-order valence-corrected chi connectivity index (χ2v) is 4.50. The summed E-state index contributed by atoms with van der Waals surface area (Å²) in [6, 6.07) is 2.00. The van der Waals surface area contributed by atoms with Gasteiger partial charge in [0, 0.05) is 23.9 Å². The van der Waals surface area contributed by atoms with Crippen molar-refractivity contribution in [2.75, 3.05) is 6.54 Å². The van der Waals surface area contributed by atoms with Crippen LogP contribution in [0.2, 0.25) is 0 Å². The first-order valence-electron chi connectivity index (χ1n) is 4.62. The summed E-state index contributed by atoms with van der Waals surface area (Å²) in [6.45, 7) is 8.96. The minimum absolute atomic E-state index is 0. The average Bonchev–Trinajstić information content (AvgIpc) is 2.50. The van der Waals surface area contributed by atoms with E-state index < -0.39 is 0 Å². The molecule has 0 bridgehead atoms. The molecule has 4 heteroatoms. The van der Waals surface area contributed by atoms with Crippen LogP contribution in [0.1, 0.15) is 45.1 Å². The second kappa shape index (κ2) is 4.80. The highest BCUT2D eigenvalue weighted by Crippen LogP contribution is 2.24. The second-order valence-electron chi connectivity index (χ2n) is 4.50. The Hall–Kier alpha value is -0.540. The van der Waals surface area contributed by atoms with E-state index in [0.717, 1.165) is 11.5 Å². The third-order valence-corrected chi connectivity index (χ3v) is 2.13. The van der Waals surface area contributed by atoms with E-state index in [-0.39, 0.29) is 23.7 Å². The third kappa shape index (κ3) is 3.00. The minimum Gasteiger partial charge on any atom is -0.361 e. The SMILES string of the molecule is CC(CN)c1cc(C(C)(C)C)on1.Cl. The Morgan fingerprint density at radius 1 is 1.50 bits per heavy atom. The highest BCUT2D eigenvalue weighted by atomic mass is 35.5. The molecular weight excluding hydrogens is 200 g/mol. The van der Waals surface area contributed by atoms with Gasteiger partial charge >= 0.3 is 0 Å². The molecule has 0 spiro atoms. The molecule has 1 heterocycles. The fraction of sp³-hybridized carbons (Fsp3) is 0.700. The van der Waals surface area contributed by atoms with Gasteiger partial charge in [0.25, 0.3) is 0 Å². The van der Waals surface area contributed by atoms with E-state index in [9.17, 15) is 0 Å². The molecule has 0 aromatic carbocycles. The first-order valence-corrected chi connectivity index (χ1v) is 4.62. The van der Waals surface area contributed by atoms with Crippen LogP contribution in [-0.4, -0.2) is 11.7 Å². The van der Waals surface area contributed by atoms with Crippen molar-refractivity contribution in [1.82, 2.24) is 5.16 Å². The molecule has 0 aliphatic heterocycles. The molecule has 82 valence electrons. The monoisotopic (exact) mass is 218 g/mol. The standard InChI is InChI=1S/C10H18N2O.ClH/c1-7(6-11)8-5-9(13-12-8)10(2,3)4;/h5,7H,6,11H2,1-4H3;1H. The Balaban J connectivity index is 0.00000169. The van der Waals surface area contributed by atoms with Gasteiger partial charge in [-0.25, -0.2) is 0 Å². The van der Waals surface area contributed by atoms with Crippen LogP contribution in [0.15, 0.2) is 10.6 Å². The quantitative estimate of drug-likeness (QED) is 0.830. The van der Waals surface area contributed by atoms with E-state index >= 15 is 0 Å². The molecule has 1 atom stereocenters. The van der Waals surface area contributed by atoms with E-state index in [1.807, 2.05) is 13.0 Å². The number of halogens is 1. The molecule has 0 saturated heterocycles. The fourth-order valence-electron chi connectivity index (χ4n) is 0.995.